The Labute approximate surface area is 146 Å². The van der Waals surface area contributed by atoms with E-state index in [0.717, 1.165) is 11.3 Å². The van der Waals surface area contributed by atoms with E-state index in [1.807, 2.05) is 31.2 Å². The zero-order valence-electron chi connectivity index (χ0n) is 14.3. The number of rotatable bonds is 4. The molecule has 25 heavy (non-hydrogen) atoms. The van der Waals surface area contributed by atoms with Gasteiger partial charge in [-0.05, 0) is 31.5 Å². The second-order valence-corrected chi connectivity index (χ2v) is 5.70. The van der Waals surface area contributed by atoms with Crippen LogP contribution in [0.5, 0.6) is 0 Å². The molecule has 0 heterocycles. The summed E-state index contributed by atoms with van der Waals surface area (Å²) in [5, 5.41) is 14.3. The highest BCUT2D eigenvalue weighted by Crippen LogP contribution is 2.32. The Kier molecular flexibility index (Phi) is 4.48. The van der Waals surface area contributed by atoms with Crippen LogP contribution in [0.4, 0.5) is 5.69 Å². The molecular formula is C20H18N2O3. The minimum absolute atomic E-state index is 0.0125. The molecule has 0 atom stereocenters. The van der Waals surface area contributed by atoms with Crippen molar-refractivity contribution in [2.45, 2.75) is 13.8 Å². The molecule has 0 saturated heterocycles. The fraction of sp³-hybridized carbons (Fsp3) is 0.150. The number of aliphatic imine (C=N–C) groups is 1. The van der Waals surface area contributed by atoms with E-state index in [-0.39, 0.29) is 17.1 Å². The maximum Gasteiger partial charge on any atom is 0.199 e. The number of carbonyl (C=O) groups excluding carboxylic acids is 1. The number of aliphatic hydroxyl groups is 1. The van der Waals surface area contributed by atoms with Crippen molar-refractivity contribution >= 4 is 28.7 Å². The number of ketones is 1. The molecule has 0 fully saturated rings. The molecule has 126 valence electrons. The topological polar surface area (TPSA) is 71.2 Å². The quantitative estimate of drug-likeness (QED) is 0.669. The zero-order chi connectivity index (χ0) is 18.0. The minimum Gasteiger partial charge on any atom is -0.506 e. The van der Waals surface area contributed by atoms with Crippen LogP contribution in [0, 0.1) is 0 Å². The number of Topliss-reactive ketones (excluding diaryl/α,β-unsaturated/α-hetero) is 1. The molecule has 1 N–H and O–H groups in total. The van der Waals surface area contributed by atoms with E-state index in [1.54, 1.807) is 31.2 Å². The zero-order valence-corrected chi connectivity index (χ0v) is 14.3. The second kappa shape index (κ2) is 6.73. The first-order valence-corrected chi connectivity index (χ1v) is 7.84. The van der Waals surface area contributed by atoms with Gasteiger partial charge in [0.1, 0.15) is 12.9 Å². The first kappa shape index (κ1) is 16.6. The van der Waals surface area contributed by atoms with Crippen molar-refractivity contribution in [2.75, 3.05) is 7.11 Å². The predicted molar refractivity (Wildman–Crippen MR) is 98.8 cm³/mol. The molecule has 0 aliphatic heterocycles. The van der Waals surface area contributed by atoms with Gasteiger partial charge in [-0.25, -0.2) is 0 Å². The summed E-state index contributed by atoms with van der Waals surface area (Å²) < 4.78 is 0. The molecule has 0 amide bonds. The van der Waals surface area contributed by atoms with Crippen LogP contribution in [0.25, 0.3) is 5.76 Å². The summed E-state index contributed by atoms with van der Waals surface area (Å²) >= 11 is 0. The van der Waals surface area contributed by atoms with Crippen LogP contribution in [-0.2, 0) is 4.84 Å². The Bertz CT molecular complexity index is 922. The highest BCUT2D eigenvalue weighted by atomic mass is 16.6. The number of hydrogen-bond acceptors (Lipinski definition) is 5. The van der Waals surface area contributed by atoms with E-state index in [2.05, 4.69) is 10.1 Å². The standard InChI is InChI=1S/C20H18N2O3/c1-12(22-25-3)14-8-10-15(11-9-14)21-13(2)18-19(23)16-6-4-5-7-17(16)20(18)24/h4-11,23H,1-3H3/b21-13?,22-12+. The SMILES string of the molecule is CO/N=C(\C)c1ccc(N=C(C)C2=C(O)c3ccccc3C2=O)cc1. The lowest BCUT2D eigenvalue weighted by Gasteiger charge is -2.04. The van der Waals surface area contributed by atoms with Crippen LogP contribution in [0.1, 0.15) is 35.3 Å². The number of oxime groups is 1. The van der Waals surface area contributed by atoms with Gasteiger partial charge in [0.25, 0.3) is 0 Å². The number of benzene rings is 2. The fourth-order valence-electron chi connectivity index (χ4n) is 2.82. The molecule has 1 aliphatic rings. The van der Waals surface area contributed by atoms with Crippen molar-refractivity contribution < 1.29 is 14.7 Å². The lowest BCUT2D eigenvalue weighted by molar-refractivity contribution is 0.104. The molecule has 2 aromatic carbocycles. The average Bonchev–Trinajstić information content (AvgIpc) is 2.87. The molecule has 5 heteroatoms. The van der Waals surface area contributed by atoms with Gasteiger partial charge in [-0.15, -0.1) is 0 Å². The van der Waals surface area contributed by atoms with Crippen LogP contribution in [0.2, 0.25) is 0 Å². The highest BCUT2D eigenvalue weighted by molar-refractivity contribution is 6.35. The number of nitrogens with zero attached hydrogens (tertiary/aromatic N) is 2. The fourth-order valence-corrected chi connectivity index (χ4v) is 2.82. The summed E-state index contributed by atoms with van der Waals surface area (Å²) in [5.74, 6) is -0.212. The Hall–Kier alpha value is -3.21. The lowest BCUT2D eigenvalue weighted by Crippen LogP contribution is -2.07. The lowest BCUT2D eigenvalue weighted by atomic mass is 10.1. The largest absolute Gasteiger partial charge is 0.506 e. The number of aliphatic hydroxyl groups excluding tert-OH is 1. The van der Waals surface area contributed by atoms with Crippen LogP contribution in [-0.4, -0.2) is 29.4 Å². The molecule has 0 aromatic heterocycles. The van der Waals surface area contributed by atoms with Crippen LogP contribution in [0.15, 0.2) is 64.3 Å². The Morgan fingerprint density at radius 1 is 0.960 bits per heavy atom. The molecule has 0 unspecified atom stereocenters. The van der Waals surface area contributed by atoms with Crippen LogP contribution in [0.3, 0.4) is 0 Å². The molecule has 3 rings (SSSR count). The highest BCUT2D eigenvalue weighted by Gasteiger charge is 2.30. The number of hydrogen-bond donors (Lipinski definition) is 1. The maximum atomic E-state index is 12.5. The van der Waals surface area contributed by atoms with E-state index in [1.165, 1.54) is 7.11 Å². The van der Waals surface area contributed by atoms with Gasteiger partial charge in [-0.1, -0.05) is 41.6 Å². The number of carbonyl (C=O) groups is 1. The Balaban J connectivity index is 1.92. The third-order valence-electron chi connectivity index (χ3n) is 4.06. The van der Waals surface area contributed by atoms with Gasteiger partial charge in [0.15, 0.2) is 5.78 Å². The molecule has 0 saturated carbocycles. The first-order chi connectivity index (χ1) is 12.0. The monoisotopic (exact) mass is 334 g/mol. The van der Waals surface area contributed by atoms with Crippen LogP contribution >= 0.6 is 0 Å². The van der Waals surface area contributed by atoms with Gasteiger partial charge in [-0.3, -0.25) is 9.79 Å². The normalized spacial score (nSPS) is 14.8. The second-order valence-electron chi connectivity index (χ2n) is 5.70. The van der Waals surface area contributed by atoms with Gasteiger partial charge >= 0.3 is 0 Å². The van der Waals surface area contributed by atoms with E-state index >= 15 is 0 Å². The number of fused-ring (bicyclic) bond motifs is 1. The van der Waals surface area contributed by atoms with E-state index in [0.29, 0.717) is 22.5 Å². The van der Waals surface area contributed by atoms with E-state index in [9.17, 15) is 9.90 Å². The van der Waals surface area contributed by atoms with Crippen molar-refractivity contribution in [2.24, 2.45) is 10.1 Å². The molecule has 5 nitrogen and oxygen atoms in total. The number of allylic oxidation sites excluding steroid dienone is 1. The minimum atomic E-state index is -0.200. The van der Waals surface area contributed by atoms with E-state index < -0.39 is 0 Å². The van der Waals surface area contributed by atoms with Crippen molar-refractivity contribution in [3.8, 4) is 0 Å². The van der Waals surface area contributed by atoms with Gasteiger partial charge in [-0.2, -0.15) is 0 Å². The molecule has 2 aromatic rings. The molecular weight excluding hydrogens is 316 g/mol. The third kappa shape index (κ3) is 3.08. The molecule has 1 aliphatic carbocycles. The van der Waals surface area contributed by atoms with Crippen LogP contribution < -0.4 is 0 Å². The molecule has 0 spiro atoms. The Morgan fingerprint density at radius 3 is 2.20 bits per heavy atom. The molecule has 0 bridgehead atoms. The van der Waals surface area contributed by atoms with Gasteiger partial charge in [0.2, 0.25) is 0 Å². The summed E-state index contributed by atoms with van der Waals surface area (Å²) in [6.45, 7) is 3.57. The average molecular weight is 334 g/mol. The third-order valence-corrected chi connectivity index (χ3v) is 4.06. The smallest absolute Gasteiger partial charge is 0.199 e. The van der Waals surface area contributed by atoms with Gasteiger partial charge < -0.3 is 9.94 Å². The summed E-state index contributed by atoms with van der Waals surface area (Å²) in [5.41, 5.74) is 4.16. The summed E-state index contributed by atoms with van der Waals surface area (Å²) in [4.78, 5) is 21.8. The van der Waals surface area contributed by atoms with Crippen molar-refractivity contribution in [1.82, 2.24) is 0 Å². The van der Waals surface area contributed by atoms with Crippen molar-refractivity contribution in [3.63, 3.8) is 0 Å². The first-order valence-electron chi connectivity index (χ1n) is 7.84. The summed E-state index contributed by atoms with van der Waals surface area (Å²) in [6.07, 6.45) is 0. The summed E-state index contributed by atoms with van der Waals surface area (Å²) in [7, 11) is 1.50. The van der Waals surface area contributed by atoms with Crippen molar-refractivity contribution in [3.05, 3.63) is 70.8 Å². The van der Waals surface area contributed by atoms with E-state index in [4.69, 9.17) is 4.84 Å². The molecule has 0 radical (unpaired) electrons. The maximum absolute atomic E-state index is 12.5. The van der Waals surface area contributed by atoms with Gasteiger partial charge in [0.05, 0.1) is 22.7 Å². The predicted octanol–water partition coefficient (Wildman–Crippen LogP) is 4.32. The van der Waals surface area contributed by atoms with Gasteiger partial charge in [0, 0.05) is 11.1 Å². The van der Waals surface area contributed by atoms with Crippen molar-refractivity contribution in [1.29, 1.82) is 0 Å². The summed E-state index contributed by atoms with van der Waals surface area (Å²) in [6, 6.07) is 14.4. The Morgan fingerprint density at radius 2 is 1.60 bits per heavy atom.